The smallest absolute Gasteiger partial charge is 0.0597 e. The molecule has 1 aromatic heterocycles. The zero-order valence-electron chi connectivity index (χ0n) is 13.5. The Morgan fingerprint density at radius 1 is 1.36 bits per heavy atom. The summed E-state index contributed by atoms with van der Waals surface area (Å²) in [4.78, 5) is 2.40. The van der Waals surface area contributed by atoms with Crippen molar-refractivity contribution in [3.05, 3.63) is 52.8 Å². The molecule has 0 saturated carbocycles. The molecule has 0 fully saturated rings. The fourth-order valence-corrected chi connectivity index (χ4v) is 3.60. The summed E-state index contributed by atoms with van der Waals surface area (Å²) in [5.74, 6) is 0. The van der Waals surface area contributed by atoms with Crippen molar-refractivity contribution in [1.82, 2.24) is 14.7 Å². The lowest BCUT2D eigenvalue weighted by molar-refractivity contribution is 0.128. The van der Waals surface area contributed by atoms with E-state index in [1.807, 2.05) is 18.7 Å². The van der Waals surface area contributed by atoms with Crippen LogP contribution in [0.2, 0.25) is 0 Å². The summed E-state index contributed by atoms with van der Waals surface area (Å²) in [6.45, 7) is 3.74. The lowest BCUT2D eigenvalue weighted by Gasteiger charge is -2.35. The fraction of sp³-hybridized carbons (Fsp3) is 0.500. The van der Waals surface area contributed by atoms with Gasteiger partial charge < -0.3 is 5.11 Å². The summed E-state index contributed by atoms with van der Waals surface area (Å²) in [6, 6.07) is 11.3. The average Bonchev–Trinajstić information content (AvgIpc) is 2.84. The monoisotopic (exact) mass is 299 g/mol. The molecule has 1 heterocycles. The van der Waals surface area contributed by atoms with Crippen molar-refractivity contribution in [3.63, 3.8) is 0 Å². The van der Waals surface area contributed by atoms with Gasteiger partial charge in [-0.1, -0.05) is 24.3 Å². The molecule has 0 aliphatic heterocycles. The number of aliphatic hydroxyl groups excluding tert-OH is 1. The van der Waals surface area contributed by atoms with Gasteiger partial charge in [0.25, 0.3) is 0 Å². The average molecular weight is 299 g/mol. The zero-order chi connectivity index (χ0) is 15.5. The van der Waals surface area contributed by atoms with Gasteiger partial charge in [-0.3, -0.25) is 9.58 Å². The van der Waals surface area contributed by atoms with Crippen LogP contribution in [0.15, 0.2) is 30.3 Å². The summed E-state index contributed by atoms with van der Waals surface area (Å²) in [5, 5.41) is 13.9. The molecule has 0 bridgehead atoms. The molecule has 3 rings (SSSR count). The number of fused-ring (bicyclic) bond motifs is 1. The third kappa shape index (κ3) is 3.08. The normalized spacial score (nSPS) is 17.7. The van der Waals surface area contributed by atoms with Crippen LogP contribution >= 0.6 is 0 Å². The number of benzene rings is 1. The van der Waals surface area contributed by atoms with Crippen LogP contribution < -0.4 is 0 Å². The molecule has 1 N–H and O–H groups in total. The second-order valence-corrected chi connectivity index (χ2v) is 6.20. The molecule has 0 spiro atoms. The number of aromatic nitrogens is 2. The van der Waals surface area contributed by atoms with Crippen molar-refractivity contribution in [2.24, 2.45) is 7.05 Å². The van der Waals surface area contributed by atoms with Crippen LogP contribution in [0, 0.1) is 6.92 Å². The molecule has 0 radical (unpaired) electrons. The maximum Gasteiger partial charge on any atom is 0.0597 e. The van der Waals surface area contributed by atoms with Gasteiger partial charge >= 0.3 is 0 Å². The Balaban J connectivity index is 1.87. The molecular weight excluding hydrogens is 274 g/mol. The van der Waals surface area contributed by atoms with Crippen LogP contribution in [0.3, 0.4) is 0 Å². The van der Waals surface area contributed by atoms with Crippen LogP contribution in [0.25, 0.3) is 0 Å². The SMILES string of the molecule is Cc1cc(CN(CCO)C2CCCc3ccccc32)n(C)n1. The summed E-state index contributed by atoms with van der Waals surface area (Å²) in [6.07, 6.45) is 3.55. The topological polar surface area (TPSA) is 41.3 Å². The van der Waals surface area contributed by atoms with E-state index >= 15 is 0 Å². The van der Waals surface area contributed by atoms with Crippen LogP contribution in [0.1, 0.15) is 41.4 Å². The summed E-state index contributed by atoms with van der Waals surface area (Å²) in [5.41, 5.74) is 5.14. The van der Waals surface area contributed by atoms with E-state index in [0.717, 1.165) is 18.7 Å². The van der Waals surface area contributed by atoms with Gasteiger partial charge in [0, 0.05) is 26.2 Å². The van der Waals surface area contributed by atoms with E-state index < -0.39 is 0 Å². The number of rotatable bonds is 5. The maximum atomic E-state index is 9.50. The summed E-state index contributed by atoms with van der Waals surface area (Å²) >= 11 is 0. The van der Waals surface area contributed by atoms with E-state index in [2.05, 4.69) is 40.3 Å². The number of hydrogen-bond donors (Lipinski definition) is 1. The predicted octanol–water partition coefficient (Wildman–Crippen LogP) is 2.60. The Morgan fingerprint density at radius 3 is 2.91 bits per heavy atom. The van der Waals surface area contributed by atoms with Gasteiger partial charge in [-0.2, -0.15) is 5.10 Å². The molecule has 1 aromatic carbocycles. The van der Waals surface area contributed by atoms with Gasteiger partial charge in [0.05, 0.1) is 18.0 Å². The minimum Gasteiger partial charge on any atom is -0.395 e. The van der Waals surface area contributed by atoms with E-state index in [4.69, 9.17) is 0 Å². The first-order chi connectivity index (χ1) is 10.7. The van der Waals surface area contributed by atoms with Crippen molar-refractivity contribution in [1.29, 1.82) is 0 Å². The Morgan fingerprint density at radius 2 is 2.18 bits per heavy atom. The molecule has 22 heavy (non-hydrogen) atoms. The zero-order valence-corrected chi connectivity index (χ0v) is 13.5. The molecule has 118 valence electrons. The Kier molecular flexibility index (Phi) is 4.60. The first-order valence-electron chi connectivity index (χ1n) is 8.11. The molecule has 1 aliphatic rings. The predicted molar refractivity (Wildman–Crippen MR) is 87.6 cm³/mol. The van der Waals surface area contributed by atoms with E-state index in [9.17, 15) is 5.11 Å². The molecule has 1 unspecified atom stereocenters. The third-order valence-electron chi connectivity index (χ3n) is 4.63. The quantitative estimate of drug-likeness (QED) is 0.922. The maximum absolute atomic E-state index is 9.50. The van der Waals surface area contributed by atoms with Crippen LogP contribution in [-0.2, 0) is 20.0 Å². The Hall–Kier alpha value is -1.65. The van der Waals surface area contributed by atoms with E-state index in [0.29, 0.717) is 12.6 Å². The Labute approximate surface area is 132 Å². The van der Waals surface area contributed by atoms with Crippen LogP contribution in [-0.4, -0.2) is 32.9 Å². The summed E-state index contributed by atoms with van der Waals surface area (Å²) in [7, 11) is 1.99. The third-order valence-corrected chi connectivity index (χ3v) is 4.63. The van der Waals surface area contributed by atoms with Gasteiger partial charge in [-0.15, -0.1) is 0 Å². The van der Waals surface area contributed by atoms with Crippen LogP contribution in [0.4, 0.5) is 0 Å². The van der Waals surface area contributed by atoms with E-state index in [-0.39, 0.29) is 6.61 Å². The molecule has 4 nitrogen and oxygen atoms in total. The van der Waals surface area contributed by atoms with Gasteiger partial charge in [0.15, 0.2) is 0 Å². The second-order valence-electron chi connectivity index (χ2n) is 6.20. The van der Waals surface area contributed by atoms with Crippen molar-refractivity contribution >= 4 is 0 Å². The second kappa shape index (κ2) is 6.63. The van der Waals surface area contributed by atoms with Crippen molar-refractivity contribution in [2.45, 2.75) is 38.8 Å². The first kappa shape index (κ1) is 15.3. The lowest BCUT2D eigenvalue weighted by atomic mass is 9.86. The van der Waals surface area contributed by atoms with Gasteiger partial charge in [-0.25, -0.2) is 0 Å². The Bertz CT molecular complexity index is 635. The number of hydrogen-bond acceptors (Lipinski definition) is 3. The minimum atomic E-state index is 0.190. The molecule has 4 heteroatoms. The molecule has 2 aromatic rings. The van der Waals surface area contributed by atoms with Gasteiger partial charge in [-0.05, 0) is 43.4 Å². The summed E-state index contributed by atoms with van der Waals surface area (Å²) < 4.78 is 1.95. The number of aryl methyl sites for hydroxylation is 3. The number of nitrogens with zero attached hydrogens (tertiary/aromatic N) is 3. The highest BCUT2D eigenvalue weighted by Gasteiger charge is 2.26. The molecular formula is C18H25N3O. The first-order valence-corrected chi connectivity index (χ1v) is 8.11. The number of aliphatic hydroxyl groups is 1. The van der Waals surface area contributed by atoms with Crippen molar-refractivity contribution < 1.29 is 5.11 Å². The molecule has 0 amide bonds. The van der Waals surface area contributed by atoms with Crippen molar-refractivity contribution in [3.8, 4) is 0 Å². The van der Waals surface area contributed by atoms with Crippen LogP contribution in [0.5, 0.6) is 0 Å². The molecule has 1 aliphatic carbocycles. The molecule has 0 saturated heterocycles. The van der Waals surface area contributed by atoms with Gasteiger partial charge in [0.2, 0.25) is 0 Å². The van der Waals surface area contributed by atoms with Crippen molar-refractivity contribution in [2.75, 3.05) is 13.2 Å². The highest BCUT2D eigenvalue weighted by molar-refractivity contribution is 5.32. The molecule has 1 atom stereocenters. The lowest BCUT2D eigenvalue weighted by Crippen LogP contribution is -2.33. The highest BCUT2D eigenvalue weighted by atomic mass is 16.3. The fourth-order valence-electron chi connectivity index (χ4n) is 3.60. The van der Waals surface area contributed by atoms with E-state index in [1.165, 1.54) is 29.7 Å². The minimum absolute atomic E-state index is 0.190. The standard InChI is InChI=1S/C18H25N3O/c1-14-12-16(20(2)19-14)13-21(10-11-22)18-9-5-7-15-6-3-4-8-17(15)18/h3-4,6,8,12,18,22H,5,7,9-11,13H2,1-2H3. The largest absolute Gasteiger partial charge is 0.395 e. The van der Waals surface area contributed by atoms with E-state index in [1.54, 1.807) is 0 Å². The highest BCUT2D eigenvalue weighted by Crippen LogP contribution is 2.34. The van der Waals surface area contributed by atoms with Gasteiger partial charge in [0.1, 0.15) is 0 Å².